The quantitative estimate of drug-likeness (QED) is 0.0661. The summed E-state index contributed by atoms with van der Waals surface area (Å²) in [6.45, 7) is 7.49. The lowest BCUT2D eigenvalue weighted by Gasteiger charge is -2.29. The normalized spacial score (nSPS) is 11.8. The molecule has 3 heteroatoms. The zero-order chi connectivity index (χ0) is 25.2. The molecular weight excluding hydrogens is 418 g/mol. The lowest BCUT2D eigenvalue weighted by Crippen LogP contribution is -2.41. The van der Waals surface area contributed by atoms with E-state index in [2.05, 4.69) is 27.9 Å². The molecule has 0 rings (SSSR count). The molecule has 204 valence electrons. The van der Waals surface area contributed by atoms with Gasteiger partial charge in [-0.2, -0.15) is 0 Å². The Balaban J connectivity index is 3.43. The van der Waals surface area contributed by atoms with Gasteiger partial charge in [-0.15, -0.1) is 0 Å². The van der Waals surface area contributed by atoms with E-state index in [4.69, 9.17) is 4.74 Å². The molecule has 0 bridgehead atoms. The number of carbonyl (C=O) groups excluding carboxylic acids is 1. The van der Waals surface area contributed by atoms with Crippen molar-refractivity contribution in [2.24, 2.45) is 0 Å². The van der Waals surface area contributed by atoms with Crippen molar-refractivity contribution in [1.29, 1.82) is 0 Å². The van der Waals surface area contributed by atoms with Gasteiger partial charge in [0.15, 0.2) is 0 Å². The smallest absolute Gasteiger partial charge is 0.305 e. The van der Waals surface area contributed by atoms with E-state index in [-0.39, 0.29) is 5.97 Å². The minimum Gasteiger partial charge on any atom is -0.465 e. The first-order chi connectivity index (χ1) is 16.5. The predicted octanol–water partition coefficient (Wildman–Crippen LogP) is 9.62. The van der Waals surface area contributed by atoms with Crippen LogP contribution in [0, 0.1) is 0 Å². The van der Waals surface area contributed by atoms with E-state index in [1.807, 2.05) is 0 Å². The van der Waals surface area contributed by atoms with Gasteiger partial charge in [-0.25, -0.2) is 0 Å². The molecule has 0 radical (unpaired) electrons. The van der Waals surface area contributed by atoms with Gasteiger partial charge in [-0.3, -0.25) is 4.79 Å². The Morgan fingerprint density at radius 1 is 0.500 bits per heavy atom. The summed E-state index contributed by atoms with van der Waals surface area (Å²) >= 11 is 0. The number of rotatable bonds is 27. The fourth-order valence-electron chi connectivity index (χ4n) is 4.82. The topological polar surface area (TPSA) is 26.3 Å². The molecule has 0 amide bonds. The monoisotopic (exact) mass is 482 g/mol. The van der Waals surface area contributed by atoms with Crippen LogP contribution in [-0.2, 0) is 9.53 Å². The van der Waals surface area contributed by atoms with Gasteiger partial charge in [-0.05, 0) is 19.3 Å². The number of hydrogen-bond donors (Lipinski definition) is 0. The highest BCUT2D eigenvalue weighted by molar-refractivity contribution is 5.69. The number of quaternary nitrogens is 1. The highest BCUT2D eigenvalue weighted by Crippen LogP contribution is 2.13. The Kier molecular flexibility index (Phi) is 25.1. The standard InChI is InChI=1S/C31H64NO2/c1-5-7-9-11-13-15-16-17-19-21-23-25-28-32(3,4)29-26-30-34-31(33)27-24-22-20-18-14-12-10-8-6-2/h5-30H2,1-4H3/q+1. The van der Waals surface area contributed by atoms with E-state index in [1.165, 1.54) is 135 Å². The maximum atomic E-state index is 11.9. The Morgan fingerprint density at radius 2 is 0.853 bits per heavy atom. The molecule has 0 aromatic heterocycles. The number of esters is 1. The van der Waals surface area contributed by atoms with Crippen LogP contribution in [-0.4, -0.2) is 44.2 Å². The molecule has 0 aromatic carbocycles. The molecule has 0 aliphatic heterocycles. The summed E-state index contributed by atoms with van der Waals surface area (Å²) in [4.78, 5) is 11.9. The second-order valence-electron chi connectivity index (χ2n) is 11.4. The first kappa shape index (κ1) is 33.4. The molecule has 0 heterocycles. The van der Waals surface area contributed by atoms with Crippen molar-refractivity contribution in [2.45, 2.75) is 162 Å². The predicted molar refractivity (Wildman–Crippen MR) is 150 cm³/mol. The molecule has 0 N–H and O–H groups in total. The summed E-state index contributed by atoms with van der Waals surface area (Å²) in [6, 6.07) is 0. The maximum Gasteiger partial charge on any atom is 0.305 e. The van der Waals surface area contributed by atoms with Crippen molar-refractivity contribution in [3.8, 4) is 0 Å². The van der Waals surface area contributed by atoms with Crippen LogP contribution >= 0.6 is 0 Å². The molecule has 0 atom stereocenters. The third-order valence-corrected chi connectivity index (χ3v) is 7.27. The summed E-state index contributed by atoms with van der Waals surface area (Å²) in [5.41, 5.74) is 0. The number of unbranched alkanes of at least 4 members (excludes halogenated alkanes) is 19. The highest BCUT2D eigenvalue weighted by atomic mass is 16.5. The van der Waals surface area contributed by atoms with Gasteiger partial charge in [0.2, 0.25) is 0 Å². The number of carbonyl (C=O) groups is 1. The summed E-state index contributed by atoms with van der Waals surface area (Å²) in [7, 11) is 4.64. The van der Waals surface area contributed by atoms with E-state index in [1.54, 1.807) is 0 Å². The molecular formula is C31H64NO2+. The zero-order valence-electron chi connectivity index (χ0n) is 24.1. The van der Waals surface area contributed by atoms with Crippen molar-refractivity contribution in [1.82, 2.24) is 0 Å². The molecule has 34 heavy (non-hydrogen) atoms. The first-order valence-corrected chi connectivity index (χ1v) is 15.5. The summed E-state index contributed by atoms with van der Waals surface area (Å²) in [6.07, 6.45) is 30.1. The van der Waals surface area contributed by atoms with Crippen LogP contribution in [0.15, 0.2) is 0 Å². The summed E-state index contributed by atoms with van der Waals surface area (Å²) in [5, 5.41) is 0. The lowest BCUT2D eigenvalue weighted by atomic mass is 10.1. The SMILES string of the molecule is CCCCCCCCCCCCCC[N+](C)(C)CCCOC(=O)CCCCCCCCCCC. The van der Waals surface area contributed by atoms with Gasteiger partial charge >= 0.3 is 5.97 Å². The minimum atomic E-state index is 0.00853. The molecule has 0 saturated heterocycles. The zero-order valence-corrected chi connectivity index (χ0v) is 24.1. The Hall–Kier alpha value is -0.570. The molecule has 0 spiro atoms. The second kappa shape index (κ2) is 25.5. The lowest BCUT2D eigenvalue weighted by molar-refractivity contribution is -0.890. The summed E-state index contributed by atoms with van der Waals surface area (Å²) in [5.74, 6) is 0.00853. The third-order valence-electron chi connectivity index (χ3n) is 7.27. The van der Waals surface area contributed by atoms with Crippen LogP contribution in [0.4, 0.5) is 0 Å². The molecule has 0 saturated carbocycles. The van der Waals surface area contributed by atoms with Gasteiger partial charge in [-0.1, -0.05) is 129 Å². The maximum absolute atomic E-state index is 11.9. The van der Waals surface area contributed by atoms with Crippen molar-refractivity contribution >= 4 is 5.97 Å². The van der Waals surface area contributed by atoms with Gasteiger partial charge in [0.05, 0.1) is 33.8 Å². The van der Waals surface area contributed by atoms with Crippen LogP contribution < -0.4 is 0 Å². The molecule has 0 aliphatic carbocycles. The van der Waals surface area contributed by atoms with E-state index in [9.17, 15) is 4.79 Å². The molecule has 0 unspecified atom stereocenters. The molecule has 0 aliphatic rings. The highest BCUT2D eigenvalue weighted by Gasteiger charge is 2.14. The van der Waals surface area contributed by atoms with Gasteiger partial charge in [0.25, 0.3) is 0 Å². The van der Waals surface area contributed by atoms with Crippen molar-refractivity contribution < 1.29 is 14.0 Å². The van der Waals surface area contributed by atoms with E-state index in [0.29, 0.717) is 13.0 Å². The van der Waals surface area contributed by atoms with Crippen LogP contribution in [0.1, 0.15) is 162 Å². The first-order valence-electron chi connectivity index (χ1n) is 15.5. The fourth-order valence-corrected chi connectivity index (χ4v) is 4.82. The third kappa shape index (κ3) is 26.0. The van der Waals surface area contributed by atoms with E-state index >= 15 is 0 Å². The average Bonchev–Trinajstić information content (AvgIpc) is 2.81. The average molecular weight is 483 g/mol. The second-order valence-corrected chi connectivity index (χ2v) is 11.4. The number of nitrogens with zero attached hydrogens (tertiary/aromatic N) is 1. The minimum absolute atomic E-state index is 0.00853. The largest absolute Gasteiger partial charge is 0.465 e. The molecule has 3 nitrogen and oxygen atoms in total. The van der Waals surface area contributed by atoms with Crippen LogP contribution in [0.2, 0.25) is 0 Å². The van der Waals surface area contributed by atoms with Gasteiger partial charge in [0, 0.05) is 12.8 Å². The van der Waals surface area contributed by atoms with Crippen LogP contribution in [0.5, 0.6) is 0 Å². The van der Waals surface area contributed by atoms with Crippen LogP contribution in [0.25, 0.3) is 0 Å². The number of hydrogen-bond acceptors (Lipinski definition) is 2. The van der Waals surface area contributed by atoms with Crippen molar-refractivity contribution in [3.63, 3.8) is 0 Å². The van der Waals surface area contributed by atoms with Crippen molar-refractivity contribution in [2.75, 3.05) is 33.8 Å². The van der Waals surface area contributed by atoms with E-state index in [0.717, 1.165) is 23.9 Å². The fraction of sp³-hybridized carbons (Fsp3) is 0.968. The summed E-state index contributed by atoms with van der Waals surface area (Å²) < 4.78 is 6.53. The van der Waals surface area contributed by atoms with Gasteiger partial charge in [0.1, 0.15) is 0 Å². The van der Waals surface area contributed by atoms with Gasteiger partial charge < -0.3 is 9.22 Å². The van der Waals surface area contributed by atoms with E-state index < -0.39 is 0 Å². The van der Waals surface area contributed by atoms with Crippen LogP contribution in [0.3, 0.4) is 0 Å². The molecule has 0 fully saturated rings. The Bertz CT molecular complexity index is 422. The Labute approximate surface area is 215 Å². The molecule has 0 aromatic rings. The number of ether oxygens (including phenoxy) is 1. The van der Waals surface area contributed by atoms with Crippen molar-refractivity contribution in [3.05, 3.63) is 0 Å². The Morgan fingerprint density at radius 3 is 1.29 bits per heavy atom.